The molecule has 0 spiro atoms. The summed E-state index contributed by atoms with van der Waals surface area (Å²) in [5, 5.41) is 10.6. The smallest absolute Gasteiger partial charge is 0.308 e. The maximum Gasteiger partial charge on any atom is 0.308 e. The van der Waals surface area contributed by atoms with Crippen molar-refractivity contribution in [2.24, 2.45) is 0 Å². The molecule has 0 saturated carbocycles. The zero-order valence-corrected chi connectivity index (χ0v) is 9.38. The first-order valence-corrected chi connectivity index (χ1v) is 5.28. The van der Waals surface area contributed by atoms with E-state index in [1.807, 2.05) is 30.3 Å². The van der Waals surface area contributed by atoms with Crippen molar-refractivity contribution in [1.82, 2.24) is 0 Å². The monoisotopic (exact) mass is 247 g/mol. The molecule has 0 aliphatic heterocycles. The van der Waals surface area contributed by atoms with Crippen molar-refractivity contribution in [3.05, 3.63) is 70.0 Å². The third-order valence-corrected chi connectivity index (χ3v) is 2.38. The Kier molecular flexibility index (Phi) is 3.52. The summed E-state index contributed by atoms with van der Waals surface area (Å²) in [6, 6.07) is 13.0. The molecule has 2 rings (SSSR count). The maximum atomic E-state index is 13.7. The molecule has 0 aromatic heterocycles. The molecule has 0 radical (unpaired) electrons. The van der Waals surface area contributed by atoms with E-state index in [0.29, 0.717) is 0 Å². The summed E-state index contributed by atoms with van der Waals surface area (Å²) in [5.41, 5.74) is 0.281. The summed E-state index contributed by atoms with van der Waals surface area (Å²) in [6.07, 6.45) is 0. The van der Waals surface area contributed by atoms with Crippen LogP contribution in [0.25, 0.3) is 0 Å². The zero-order valence-electron chi connectivity index (χ0n) is 9.38. The number of ether oxygens (including phenoxy) is 1. The van der Waals surface area contributed by atoms with Gasteiger partial charge in [-0.1, -0.05) is 36.4 Å². The lowest BCUT2D eigenvalue weighted by Gasteiger charge is -2.07. The molecule has 5 heteroatoms. The third kappa shape index (κ3) is 2.63. The van der Waals surface area contributed by atoms with E-state index in [2.05, 4.69) is 0 Å². The molecule has 92 valence electrons. The highest BCUT2D eigenvalue weighted by Crippen LogP contribution is 2.26. The molecule has 0 heterocycles. The van der Waals surface area contributed by atoms with Crippen molar-refractivity contribution in [3.8, 4) is 5.75 Å². The molecule has 0 N–H and O–H groups in total. The minimum absolute atomic E-state index is 0.118. The Balaban J connectivity index is 2.15. The molecule has 0 bridgehead atoms. The van der Waals surface area contributed by atoms with Crippen LogP contribution >= 0.6 is 0 Å². The highest BCUT2D eigenvalue weighted by Gasteiger charge is 2.18. The predicted molar refractivity (Wildman–Crippen MR) is 63.8 cm³/mol. The first kappa shape index (κ1) is 12.0. The van der Waals surface area contributed by atoms with Crippen LogP contribution in [0.5, 0.6) is 5.75 Å². The number of rotatable bonds is 4. The van der Waals surface area contributed by atoms with E-state index in [0.717, 1.165) is 11.6 Å². The van der Waals surface area contributed by atoms with Gasteiger partial charge in [-0.15, -0.1) is 0 Å². The number of hydrogen-bond donors (Lipinski definition) is 0. The second kappa shape index (κ2) is 5.27. The molecular weight excluding hydrogens is 237 g/mol. The van der Waals surface area contributed by atoms with Gasteiger partial charge in [0.1, 0.15) is 6.61 Å². The van der Waals surface area contributed by atoms with Gasteiger partial charge in [0, 0.05) is 6.07 Å². The first-order chi connectivity index (χ1) is 8.68. The van der Waals surface area contributed by atoms with Gasteiger partial charge in [-0.05, 0) is 11.6 Å². The molecule has 0 atom stereocenters. The number of nitro groups is 1. The number of nitrogens with zero attached hydrogens (tertiary/aromatic N) is 1. The lowest BCUT2D eigenvalue weighted by atomic mass is 10.2. The van der Waals surface area contributed by atoms with Crippen LogP contribution in [0, 0.1) is 15.9 Å². The minimum atomic E-state index is -0.946. The standard InChI is InChI=1S/C13H10FNO3/c14-13-11(15(16)17)7-4-8-12(13)18-9-10-5-2-1-3-6-10/h1-8H,9H2. The van der Waals surface area contributed by atoms with E-state index in [9.17, 15) is 14.5 Å². The van der Waals surface area contributed by atoms with Crippen LogP contribution in [0.4, 0.5) is 10.1 Å². The molecule has 0 aliphatic rings. The largest absolute Gasteiger partial charge is 0.486 e. The lowest BCUT2D eigenvalue weighted by Crippen LogP contribution is -1.99. The van der Waals surface area contributed by atoms with Crippen molar-refractivity contribution < 1.29 is 14.1 Å². The average Bonchev–Trinajstić information content (AvgIpc) is 2.38. The van der Waals surface area contributed by atoms with E-state index in [1.54, 1.807) is 0 Å². The normalized spacial score (nSPS) is 10.1. The minimum Gasteiger partial charge on any atom is -0.486 e. The summed E-state index contributed by atoms with van der Waals surface area (Å²) < 4.78 is 18.9. The van der Waals surface area contributed by atoms with Gasteiger partial charge in [0.2, 0.25) is 5.82 Å². The van der Waals surface area contributed by atoms with E-state index < -0.39 is 16.4 Å². The predicted octanol–water partition coefficient (Wildman–Crippen LogP) is 3.31. The number of hydrogen-bond acceptors (Lipinski definition) is 3. The SMILES string of the molecule is O=[N+]([O-])c1cccc(OCc2ccccc2)c1F. The fourth-order valence-electron chi connectivity index (χ4n) is 1.49. The van der Waals surface area contributed by atoms with E-state index in [-0.39, 0.29) is 12.4 Å². The van der Waals surface area contributed by atoms with Crippen LogP contribution in [0.2, 0.25) is 0 Å². The van der Waals surface area contributed by atoms with Crippen molar-refractivity contribution in [2.45, 2.75) is 6.61 Å². The molecule has 0 aliphatic carbocycles. The Hall–Kier alpha value is -2.43. The van der Waals surface area contributed by atoms with Gasteiger partial charge in [-0.3, -0.25) is 10.1 Å². The van der Waals surface area contributed by atoms with Gasteiger partial charge in [0.25, 0.3) is 0 Å². The fourth-order valence-corrected chi connectivity index (χ4v) is 1.49. The molecule has 2 aromatic rings. The van der Waals surface area contributed by atoms with Gasteiger partial charge in [0.15, 0.2) is 5.75 Å². The van der Waals surface area contributed by atoms with Crippen molar-refractivity contribution in [1.29, 1.82) is 0 Å². The lowest BCUT2D eigenvalue weighted by molar-refractivity contribution is -0.387. The third-order valence-electron chi connectivity index (χ3n) is 2.38. The highest BCUT2D eigenvalue weighted by molar-refractivity contribution is 5.40. The maximum absolute atomic E-state index is 13.7. The summed E-state index contributed by atoms with van der Waals surface area (Å²) >= 11 is 0. The molecule has 4 nitrogen and oxygen atoms in total. The van der Waals surface area contributed by atoms with Crippen LogP contribution < -0.4 is 4.74 Å². The zero-order chi connectivity index (χ0) is 13.0. The van der Waals surface area contributed by atoms with Gasteiger partial charge in [-0.2, -0.15) is 4.39 Å². The molecular formula is C13H10FNO3. The van der Waals surface area contributed by atoms with Crippen molar-refractivity contribution >= 4 is 5.69 Å². The van der Waals surface area contributed by atoms with E-state index in [4.69, 9.17) is 4.74 Å². The summed E-state index contributed by atoms with van der Waals surface area (Å²) in [4.78, 5) is 9.79. The van der Waals surface area contributed by atoms with E-state index >= 15 is 0 Å². The van der Waals surface area contributed by atoms with Crippen LogP contribution in [0.1, 0.15) is 5.56 Å². The van der Waals surface area contributed by atoms with Crippen LogP contribution in [0.3, 0.4) is 0 Å². The molecule has 0 amide bonds. The summed E-state index contributed by atoms with van der Waals surface area (Å²) in [7, 11) is 0. The number of benzene rings is 2. The summed E-state index contributed by atoms with van der Waals surface area (Å²) in [5.74, 6) is -1.06. The Morgan fingerprint density at radius 3 is 2.50 bits per heavy atom. The number of nitro benzene ring substituents is 1. The molecule has 0 fully saturated rings. The Labute approximate surface area is 103 Å². The summed E-state index contributed by atoms with van der Waals surface area (Å²) in [6.45, 7) is 0.166. The molecule has 18 heavy (non-hydrogen) atoms. The Morgan fingerprint density at radius 2 is 1.83 bits per heavy atom. The Bertz CT molecular complexity index is 557. The molecule has 0 unspecified atom stereocenters. The second-order valence-corrected chi connectivity index (χ2v) is 3.62. The van der Waals surface area contributed by atoms with Gasteiger partial charge < -0.3 is 4.74 Å². The van der Waals surface area contributed by atoms with Crippen LogP contribution in [-0.2, 0) is 6.61 Å². The number of halogens is 1. The molecule has 0 saturated heterocycles. The van der Waals surface area contributed by atoms with Crippen LogP contribution in [0.15, 0.2) is 48.5 Å². The van der Waals surface area contributed by atoms with Crippen LogP contribution in [-0.4, -0.2) is 4.92 Å². The topological polar surface area (TPSA) is 52.4 Å². The van der Waals surface area contributed by atoms with Crippen molar-refractivity contribution in [3.63, 3.8) is 0 Å². The average molecular weight is 247 g/mol. The molecule has 2 aromatic carbocycles. The first-order valence-electron chi connectivity index (χ1n) is 5.28. The fraction of sp³-hybridized carbons (Fsp3) is 0.0769. The van der Waals surface area contributed by atoms with E-state index in [1.165, 1.54) is 12.1 Å². The van der Waals surface area contributed by atoms with Gasteiger partial charge >= 0.3 is 5.69 Å². The second-order valence-electron chi connectivity index (χ2n) is 3.62. The Morgan fingerprint density at radius 1 is 1.11 bits per heavy atom. The highest BCUT2D eigenvalue weighted by atomic mass is 19.1. The van der Waals surface area contributed by atoms with Gasteiger partial charge in [-0.25, -0.2) is 0 Å². The van der Waals surface area contributed by atoms with Gasteiger partial charge in [0.05, 0.1) is 4.92 Å². The quantitative estimate of drug-likeness (QED) is 0.615. The van der Waals surface area contributed by atoms with Crippen molar-refractivity contribution in [2.75, 3.05) is 0 Å².